The molecule has 0 unspecified atom stereocenters. The highest BCUT2D eigenvalue weighted by molar-refractivity contribution is 9.10. The molecule has 0 spiro atoms. The number of carbonyl (C=O) groups is 1. The molecule has 0 saturated carbocycles. The van der Waals surface area contributed by atoms with Crippen molar-refractivity contribution in [2.45, 2.75) is 19.8 Å². The fourth-order valence-corrected chi connectivity index (χ4v) is 2.36. The molecule has 0 fully saturated rings. The van der Waals surface area contributed by atoms with E-state index in [0.29, 0.717) is 11.1 Å². The van der Waals surface area contributed by atoms with Gasteiger partial charge in [0.2, 0.25) is 0 Å². The molecule has 0 radical (unpaired) electrons. The number of rotatable bonds is 6. The van der Waals surface area contributed by atoms with Crippen molar-refractivity contribution in [2.24, 2.45) is 0 Å². The lowest BCUT2D eigenvalue weighted by atomic mass is 10.0. The second-order valence-corrected chi connectivity index (χ2v) is 5.58. The summed E-state index contributed by atoms with van der Waals surface area (Å²) in [5.74, 6) is 0.0471. The average molecular weight is 332 g/mol. The van der Waals surface area contributed by atoms with Gasteiger partial charge in [0.15, 0.2) is 5.78 Å². The Balaban J connectivity index is 2.29. The summed E-state index contributed by atoms with van der Waals surface area (Å²) in [7, 11) is 0. The SMILES string of the molecule is CCCCNc1ccc(Br)cc1C(=O)c1ccccc1. The van der Waals surface area contributed by atoms with E-state index in [4.69, 9.17) is 0 Å². The van der Waals surface area contributed by atoms with Crippen molar-refractivity contribution in [1.29, 1.82) is 0 Å². The zero-order valence-electron chi connectivity index (χ0n) is 11.5. The standard InChI is InChI=1S/C17H18BrNO/c1-2-3-11-19-16-10-9-14(18)12-15(16)17(20)13-7-5-4-6-8-13/h4-10,12,19H,2-3,11H2,1H3. The molecule has 3 heteroatoms. The number of hydrogen-bond acceptors (Lipinski definition) is 2. The van der Waals surface area contributed by atoms with Gasteiger partial charge in [-0.05, 0) is 24.6 Å². The molecule has 0 bridgehead atoms. The van der Waals surface area contributed by atoms with Gasteiger partial charge in [0.1, 0.15) is 0 Å². The third kappa shape index (κ3) is 3.70. The van der Waals surface area contributed by atoms with Crippen molar-refractivity contribution in [2.75, 3.05) is 11.9 Å². The Morgan fingerprint density at radius 2 is 1.90 bits per heavy atom. The van der Waals surface area contributed by atoms with Crippen LogP contribution in [0.3, 0.4) is 0 Å². The number of ketones is 1. The Morgan fingerprint density at radius 1 is 1.15 bits per heavy atom. The van der Waals surface area contributed by atoms with Crippen molar-refractivity contribution < 1.29 is 4.79 Å². The first-order valence-electron chi connectivity index (χ1n) is 6.85. The summed E-state index contributed by atoms with van der Waals surface area (Å²) in [6, 6.07) is 15.2. The van der Waals surface area contributed by atoms with Crippen LogP contribution in [-0.4, -0.2) is 12.3 Å². The van der Waals surface area contributed by atoms with Crippen LogP contribution >= 0.6 is 15.9 Å². The van der Waals surface area contributed by atoms with Gasteiger partial charge >= 0.3 is 0 Å². The van der Waals surface area contributed by atoms with E-state index in [9.17, 15) is 4.79 Å². The molecule has 104 valence electrons. The molecular weight excluding hydrogens is 314 g/mol. The molecule has 2 aromatic rings. The van der Waals surface area contributed by atoms with Crippen molar-refractivity contribution in [3.05, 3.63) is 64.1 Å². The first-order chi connectivity index (χ1) is 9.72. The molecular formula is C17H18BrNO. The zero-order chi connectivity index (χ0) is 14.4. The highest BCUT2D eigenvalue weighted by Crippen LogP contribution is 2.24. The highest BCUT2D eigenvalue weighted by atomic mass is 79.9. The summed E-state index contributed by atoms with van der Waals surface area (Å²) < 4.78 is 0.915. The van der Waals surface area contributed by atoms with E-state index >= 15 is 0 Å². The maximum Gasteiger partial charge on any atom is 0.195 e. The maximum atomic E-state index is 12.6. The molecule has 2 aromatic carbocycles. The van der Waals surface area contributed by atoms with Crippen LogP contribution in [0, 0.1) is 0 Å². The molecule has 2 rings (SSSR count). The zero-order valence-corrected chi connectivity index (χ0v) is 13.1. The van der Waals surface area contributed by atoms with E-state index in [0.717, 1.165) is 29.5 Å². The van der Waals surface area contributed by atoms with Gasteiger partial charge in [-0.3, -0.25) is 4.79 Å². The second-order valence-electron chi connectivity index (χ2n) is 4.67. The minimum atomic E-state index is 0.0471. The molecule has 2 nitrogen and oxygen atoms in total. The molecule has 0 amide bonds. The van der Waals surface area contributed by atoms with Gasteiger partial charge in [-0.1, -0.05) is 59.6 Å². The van der Waals surface area contributed by atoms with Crippen LogP contribution in [0.2, 0.25) is 0 Å². The summed E-state index contributed by atoms with van der Waals surface area (Å²) in [5, 5.41) is 3.35. The van der Waals surface area contributed by atoms with Crippen molar-refractivity contribution in [1.82, 2.24) is 0 Å². The third-order valence-electron chi connectivity index (χ3n) is 3.11. The van der Waals surface area contributed by atoms with Crippen LogP contribution in [-0.2, 0) is 0 Å². The minimum absolute atomic E-state index is 0.0471. The van der Waals surface area contributed by atoms with E-state index in [-0.39, 0.29) is 5.78 Å². The van der Waals surface area contributed by atoms with E-state index in [2.05, 4.69) is 28.2 Å². The lowest BCUT2D eigenvalue weighted by Crippen LogP contribution is -2.09. The predicted molar refractivity (Wildman–Crippen MR) is 87.4 cm³/mol. The number of benzene rings is 2. The Labute approximate surface area is 128 Å². The smallest absolute Gasteiger partial charge is 0.195 e. The van der Waals surface area contributed by atoms with Crippen LogP contribution in [0.4, 0.5) is 5.69 Å². The fraction of sp³-hybridized carbons (Fsp3) is 0.235. The van der Waals surface area contributed by atoms with Gasteiger partial charge in [0, 0.05) is 27.8 Å². The number of anilines is 1. The van der Waals surface area contributed by atoms with Gasteiger partial charge < -0.3 is 5.32 Å². The number of nitrogens with one attached hydrogen (secondary N) is 1. The lowest BCUT2D eigenvalue weighted by molar-refractivity contribution is 0.103. The van der Waals surface area contributed by atoms with Gasteiger partial charge in [-0.15, -0.1) is 0 Å². The number of unbranched alkanes of at least 4 members (excludes halogenated alkanes) is 1. The molecule has 0 aromatic heterocycles. The van der Waals surface area contributed by atoms with Gasteiger partial charge in [-0.2, -0.15) is 0 Å². The van der Waals surface area contributed by atoms with E-state index in [1.165, 1.54) is 0 Å². The van der Waals surface area contributed by atoms with E-state index in [1.54, 1.807) is 0 Å². The number of carbonyl (C=O) groups excluding carboxylic acids is 1. The molecule has 20 heavy (non-hydrogen) atoms. The summed E-state index contributed by atoms with van der Waals surface area (Å²) in [4.78, 5) is 12.6. The predicted octanol–water partition coefficient (Wildman–Crippen LogP) is 4.89. The normalized spacial score (nSPS) is 10.3. The van der Waals surface area contributed by atoms with Crippen molar-refractivity contribution in [3.8, 4) is 0 Å². The topological polar surface area (TPSA) is 29.1 Å². The van der Waals surface area contributed by atoms with Crippen LogP contribution in [0.5, 0.6) is 0 Å². The monoisotopic (exact) mass is 331 g/mol. The largest absolute Gasteiger partial charge is 0.384 e. The summed E-state index contributed by atoms with van der Waals surface area (Å²) in [5.41, 5.74) is 2.32. The Bertz CT molecular complexity index is 581. The van der Waals surface area contributed by atoms with Crippen LogP contribution in [0.15, 0.2) is 53.0 Å². The van der Waals surface area contributed by atoms with Crippen LogP contribution in [0.25, 0.3) is 0 Å². The highest BCUT2D eigenvalue weighted by Gasteiger charge is 2.13. The first-order valence-corrected chi connectivity index (χ1v) is 7.65. The van der Waals surface area contributed by atoms with E-state index in [1.807, 2.05) is 48.5 Å². The molecule has 0 heterocycles. The molecule has 0 saturated heterocycles. The van der Waals surface area contributed by atoms with Gasteiger partial charge in [-0.25, -0.2) is 0 Å². The fourth-order valence-electron chi connectivity index (χ4n) is 2.00. The molecule has 0 aliphatic heterocycles. The summed E-state index contributed by atoms with van der Waals surface area (Å²) in [6.07, 6.45) is 2.22. The molecule has 0 aliphatic carbocycles. The number of hydrogen-bond donors (Lipinski definition) is 1. The van der Waals surface area contributed by atoms with Crippen LogP contribution < -0.4 is 5.32 Å². The average Bonchev–Trinajstić information content (AvgIpc) is 2.49. The molecule has 0 aliphatic rings. The summed E-state index contributed by atoms with van der Waals surface area (Å²) >= 11 is 3.44. The molecule has 0 atom stereocenters. The van der Waals surface area contributed by atoms with E-state index < -0.39 is 0 Å². The Kier molecular flexibility index (Phi) is 5.36. The second kappa shape index (κ2) is 7.25. The quantitative estimate of drug-likeness (QED) is 0.603. The maximum absolute atomic E-state index is 12.6. The van der Waals surface area contributed by atoms with Gasteiger partial charge in [0.05, 0.1) is 0 Å². The summed E-state index contributed by atoms with van der Waals surface area (Å²) in [6.45, 7) is 3.03. The third-order valence-corrected chi connectivity index (χ3v) is 3.60. The van der Waals surface area contributed by atoms with Crippen LogP contribution in [0.1, 0.15) is 35.7 Å². The number of halogens is 1. The lowest BCUT2D eigenvalue weighted by Gasteiger charge is -2.11. The van der Waals surface area contributed by atoms with Crippen molar-refractivity contribution >= 4 is 27.4 Å². The minimum Gasteiger partial charge on any atom is -0.384 e. The Hall–Kier alpha value is -1.61. The van der Waals surface area contributed by atoms with Gasteiger partial charge in [0.25, 0.3) is 0 Å². The first kappa shape index (κ1) is 14.8. The molecule has 1 N–H and O–H groups in total. The Morgan fingerprint density at radius 3 is 2.60 bits per heavy atom. The van der Waals surface area contributed by atoms with Crippen molar-refractivity contribution in [3.63, 3.8) is 0 Å².